The van der Waals surface area contributed by atoms with Gasteiger partial charge in [0, 0.05) is 40.1 Å². The molecule has 1 aliphatic heterocycles. The smallest absolute Gasteiger partial charge is 0.336 e. The number of dihydropyridines is 1. The molecule has 1 aromatic carbocycles. The second-order valence-electron chi connectivity index (χ2n) is 8.63. The molecule has 2 aliphatic rings. The van der Waals surface area contributed by atoms with Gasteiger partial charge in [0.05, 0.1) is 33.5 Å². The Bertz CT molecular complexity index is 1160. The molecule has 35 heavy (non-hydrogen) atoms. The average molecular weight is 498 g/mol. The van der Waals surface area contributed by atoms with Gasteiger partial charge in [0.25, 0.3) is 0 Å². The van der Waals surface area contributed by atoms with Crippen LogP contribution in [0.2, 0.25) is 0 Å². The zero-order valence-corrected chi connectivity index (χ0v) is 21.5. The first-order chi connectivity index (χ1) is 16.9. The first-order valence-corrected chi connectivity index (χ1v) is 12.6. The van der Waals surface area contributed by atoms with Crippen LogP contribution in [0.4, 0.5) is 0 Å². The molecule has 0 spiro atoms. The molecule has 1 N–H and O–H groups in total. The first-order valence-electron chi connectivity index (χ1n) is 11.7. The fraction of sp³-hybridized carbons (Fsp3) is 0.407. The summed E-state index contributed by atoms with van der Waals surface area (Å²) in [4.78, 5) is 28.1. The van der Waals surface area contributed by atoms with Gasteiger partial charge in [-0.3, -0.25) is 4.79 Å². The van der Waals surface area contributed by atoms with Crippen molar-refractivity contribution < 1.29 is 28.5 Å². The maximum Gasteiger partial charge on any atom is 0.336 e. The zero-order valence-electron chi connectivity index (χ0n) is 20.7. The number of allylic oxidation sites excluding steroid dienone is 3. The Morgan fingerprint density at radius 1 is 1.11 bits per heavy atom. The number of carbonyl (C=O) groups excluding carboxylic acids is 2. The summed E-state index contributed by atoms with van der Waals surface area (Å²) in [6, 6.07) is 7.69. The molecule has 0 bridgehead atoms. The maximum atomic E-state index is 13.7. The number of thiophene rings is 1. The molecule has 0 radical (unpaired) electrons. The monoisotopic (exact) mass is 497 g/mol. The Hall–Kier alpha value is -3.26. The van der Waals surface area contributed by atoms with Crippen molar-refractivity contribution in [3.05, 3.63) is 62.6 Å². The van der Waals surface area contributed by atoms with Gasteiger partial charge < -0.3 is 24.3 Å². The molecule has 0 unspecified atom stereocenters. The van der Waals surface area contributed by atoms with Gasteiger partial charge in [-0.1, -0.05) is 13.0 Å². The molecule has 0 saturated carbocycles. The molecule has 2 atom stereocenters. The number of carbonyl (C=O) groups is 2. The lowest BCUT2D eigenvalue weighted by Crippen LogP contribution is -2.36. The number of rotatable bonds is 8. The van der Waals surface area contributed by atoms with Gasteiger partial charge in [0.15, 0.2) is 17.3 Å². The Morgan fingerprint density at radius 3 is 2.40 bits per heavy atom. The van der Waals surface area contributed by atoms with Crippen molar-refractivity contribution in [1.82, 2.24) is 5.32 Å². The molecule has 2 aromatic rings. The highest BCUT2D eigenvalue weighted by Gasteiger charge is 2.42. The van der Waals surface area contributed by atoms with E-state index in [9.17, 15) is 9.59 Å². The second kappa shape index (κ2) is 10.6. The molecule has 8 heteroatoms. The van der Waals surface area contributed by atoms with Crippen molar-refractivity contribution in [3.63, 3.8) is 0 Å². The Balaban J connectivity index is 1.87. The molecular weight excluding hydrogens is 466 g/mol. The fourth-order valence-corrected chi connectivity index (χ4v) is 5.74. The van der Waals surface area contributed by atoms with Gasteiger partial charge >= 0.3 is 5.97 Å². The minimum Gasteiger partial charge on any atom is -0.493 e. The van der Waals surface area contributed by atoms with Crippen molar-refractivity contribution in [1.29, 1.82) is 0 Å². The van der Waals surface area contributed by atoms with E-state index in [4.69, 9.17) is 18.9 Å². The minimum atomic E-state index is -0.610. The zero-order chi connectivity index (χ0) is 25.1. The van der Waals surface area contributed by atoms with Crippen molar-refractivity contribution >= 4 is 23.1 Å². The summed E-state index contributed by atoms with van der Waals surface area (Å²) in [5.74, 6) is 0.448. The number of ketones is 1. The van der Waals surface area contributed by atoms with Crippen LogP contribution in [0.5, 0.6) is 17.2 Å². The molecule has 0 amide bonds. The Labute approximate surface area is 209 Å². The highest BCUT2D eigenvalue weighted by Crippen LogP contribution is 2.49. The normalized spacial score (nSPS) is 19.7. The molecular formula is C27H31NO6S. The third-order valence-electron chi connectivity index (χ3n) is 6.45. The number of hydrogen-bond donors (Lipinski definition) is 1. The number of Topliss-reactive ketones (excluding diaryl/α,β-unsaturated/α-hetero) is 1. The third kappa shape index (κ3) is 4.67. The summed E-state index contributed by atoms with van der Waals surface area (Å²) < 4.78 is 22.2. The second-order valence-corrected chi connectivity index (χ2v) is 9.61. The van der Waals surface area contributed by atoms with E-state index in [1.54, 1.807) is 37.7 Å². The van der Waals surface area contributed by atoms with Crippen molar-refractivity contribution in [2.24, 2.45) is 0 Å². The quantitative estimate of drug-likeness (QED) is 0.509. The van der Waals surface area contributed by atoms with Gasteiger partial charge in [-0.15, -0.1) is 11.3 Å². The van der Waals surface area contributed by atoms with Crippen LogP contribution in [0.1, 0.15) is 55.4 Å². The van der Waals surface area contributed by atoms with Gasteiger partial charge in [-0.2, -0.15) is 0 Å². The van der Waals surface area contributed by atoms with Crippen LogP contribution in [0, 0.1) is 0 Å². The van der Waals surface area contributed by atoms with Crippen LogP contribution >= 0.6 is 11.3 Å². The van der Waals surface area contributed by atoms with Crippen LogP contribution in [0.25, 0.3) is 0 Å². The lowest BCUT2D eigenvalue weighted by Gasteiger charge is -2.36. The number of esters is 1. The Kier molecular flexibility index (Phi) is 7.50. The molecule has 7 nitrogen and oxygen atoms in total. The summed E-state index contributed by atoms with van der Waals surface area (Å²) in [5.41, 5.74) is 3.26. The highest BCUT2D eigenvalue weighted by molar-refractivity contribution is 7.10. The highest BCUT2D eigenvalue weighted by atomic mass is 32.1. The molecule has 1 aromatic heterocycles. The van der Waals surface area contributed by atoms with E-state index in [2.05, 4.69) is 11.4 Å². The fourth-order valence-electron chi connectivity index (χ4n) is 4.91. The summed E-state index contributed by atoms with van der Waals surface area (Å²) in [6.07, 6.45) is 1.78. The number of hydrogen-bond acceptors (Lipinski definition) is 8. The van der Waals surface area contributed by atoms with Crippen LogP contribution in [-0.4, -0.2) is 39.7 Å². The largest absolute Gasteiger partial charge is 0.493 e. The van der Waals surface area contributed by atoms with Crippen molar-refractivity contribution in [2.45, 2.75) is 44.9 Å². The van der Waals surface area contributed by atoms with Crippen LogP contribution in [0.15, 0.2) is 52.2 Å². The van der Waals surface area contributed by atoms with Gasteiger partial charge in [-0.25, -0.2) is 4.79 Å². The lowest BCUT2D eigenvalue weighted by molar-refractivity contribution is -0.139. The predicted octanol–water partition coefficient (Wildman–Crippen LogP) is 5.09. The standard InChI is InChI=1S/C27H31NO6S/c1-6-9-34-27(30)23-15(2)28-18-11-16(22-8-7-10-35-22)12-19(29)25(18)24(23)17-13-20(31-3)26(33-5)21(14-17)32-4/h7-8,10,13-14,16,24,28H,6,9,11-12H2,1-5H3/t16-,24+/m1/s1. The molecule has 2 heterocycles. The summed E-state index contributed by atoms with van der Waals surface area (Å²) in [7, 11) is 4.63. The van der Waals surface area contributed by atoms with E-state index >= 15 is 0 Å². The van der Waals surface area contributed by atoms with Crippen molar-refractivity contribution in [2.75, 3.05) is 27.9 Å². The van der Waals surface area contributed by atoms with Crippen molar-refractivity contribution in [3.8, 4) is 17.2 Å². The summed E-state index contributed by atoms with van der Waals surface area (Å²) in [6.45, 7) is 4.11. The van der Waals surface area contributed by atoms with Gasteiger partial charge in [0.2, 0.25) is 5.75 Å². The third-order valence-corrected chi connectivity index (χ3v) is 7.49. The number of methoxy groups -OCH3 is 3. The van der Waals surface area contributed by atoms with Crippen LogP contribution < -0.4 is 19.5 Å². The number of ether oxygens (including phenoxy) is 4. The van der Waals surface area contributed by atoms with E-state index in [1.807, 2.05) is 25.3 Å². The predicted molar refractivity (Wildman–Crippen MR) is 134 cm³/mol. The topological polar surface area (TPSA) is 83.1 Å². The SMILES string of the molecule is CCCOC(=O)C1=C(C)NC2=C(C(=O)C[C@H](c3cccs3)C2)[C@H]1c1cc(OC)c(OC)c(OC)c1. The maximum absolute atomic E-state index is 13.7. The van der Waals surface area contributed by atoms with Crippen LogP contribution in [-0.2, 0) is 14.3 Å². The first kappa shape index (κ1) is 24.9. The van der Waals surface area contributed by atoms with E-state index in [-0.39, 0.29) is 11.7 Å². The molecule has 0 saturated heterocycles. The average Bonchev–Trinajstić information content (AvgIpc) is 3.40. The lowest BCUT2D eigenvalue weighted by atomic mass is 9.72. The van der Waals surface area contributed by atoms with E-state index in [0.717, 1.165) is 5.70 Å². The molecule has 4 rings (SSSR count). The Morgan fingerprint density at radius 2 is 1.83 bits per heavy atom. The molecule has 0 fully saturated rings. The van der Waals surface area contributed by atoms with Gasteiger partial charge in [0.1, 0.15) is 0 Å². The van der Waals surface area contributed by atoms with Crippen LogP contribution in [0.3, 0.4) is 0 Å². The molecule has 186 valence electrons. The molecule has 1 aliphatic carbocycles. The van der Waals surface area contributed by atoms with E-state index in [1.165, 1.54) is 12.0 Å². The van der Waals surface area contributed by atoms with E-state index < -0.39 is 11.9 Å². The summed E-state index contributed by atoms with van der Waals surface area (Å²) in [5, 5.41) is 5.41. The minimum absolute atomic E-state index is 0.0178. The van der Waals surface area contributed by atoms with Gasteiger partial charge in [-0.05, 0) is 48.9 Å². The number of benzene rings is 1. The summed E-state index contributed by atoms with van der Waals surface area (Å²) >= 11 is 1.66. The van der Waals surface area contributed by atoms with E-state index in [0.29, 0.717) is 65.5 Å². The number of nitrogens with one attached hydrogen (secondary N) is 1.